The Kier molecular flexibility index (Phi) is 15.5. The van der Waals surface area contributed by atoms with Gasteiger partial charge in [0.2, 0.25) is 17.7 Å². The molecule has 15 heteroatoms. The lowest BCUT2D eigenvalue weighted by molar-refractivity contribution is -0.384. The number of nitro groups is 1. The molecule has 3 amide bonds. The number of nitrogens with one attached hydrogen (secondary N) is 2. The maximum Gasteiger partial charge on any atom is 0.269 e. The number of guanidine groups is 1. The van der Waals surface area contributed by atoms with E-state index in [0.717, 1.165) is 18.4 Å². The van der Waals surface area contributed by atoms with Crippen LogP contribution in [0.15, 0.2) is 59.6 Å². The normalized spacial score (nSPS) is 15.5. The van der Waals surface area contributed by atoms with E-state index >= 15 is 0 Å². The van der Waals surface area contributed by atoms with E-state index in [9.17, 15) is 24.5 Å². The number of carbonyl (C=O) groups excluding carboxylic acids is 3. The number of imide groups is 1. The van der Waals surface area contributed by atoms with E-state index in [1.54, 1.807) is 0 Å². The van der Waals surface area contributed by atoms with Crippen molar-refractivity contribution in [1.29, 1.82) is 0 Å². The van der Waals surface area contributed by atoms with Crippen LogP contribution >= 0.6 is 24.8 Å². The van der Waals surface area contributed by atoms with Gasteiger partial charge in [0.05, 0.1) is 17.0 Å². The van der Waals surface area contributed by atoms with Gasteiger partial charge >= 0.3 is 0 Å². The summed E-state index contributed by atoms with van der Waals surface area (Å²) in [5.41, 5.74) is 18.1. The number of non-ortho nitro benzene ring substituents is 1. The Bertz CT molecular complexity index is 1210. The number of anilines is 1. The van der Waals surface area contributed by atoms with Gasteiger partial charge in [-0.05, 0) is 56.3 Å². The minimum absolute atomic E-state index is 0. The third-order valence-corrected chi connectivity index (χ3v) is 6.61. The predicted molar refractivity (Wildman–Crippen MR) is 166 cm³/mol. The fourth-order valence-corrected chi connectivity index (χ4v) is 4.57. The smallest absolute Gasteiger partial charge is 0.269 e. The molecule has 1 unspecified atom stereocenters. The molecule has 3 atom stereocenters. The summed E-state index contributed by atoms with van der Waals surface area (Å²) in [6.07, 6.45) is 2.96. The first-order valence-corrected chi connectivity index (χ1v) is 13.2. The highest BCUT2D eigenvalue weighted by Gasteiger charge is 2.35. The van der Waals surface area contributed by atoms with Crippen LogP contribution in [0.3, 0.4) is 0 Å². The van der Waals surface area contributed by atoms with Gasteiger partial charge in [-0.3, -0.25) is 39.7 Å². The number of amides is 3. The summed E-state index contributed by atoms with van der Waals surface area (Å²) >= 11 is 0. The van der Waals surface area contributed by atoms with Crippen molar-refractivity contribution in [2.24, 2.45) is 22.2 Å². The van der Waals surface area contributed by atoms with E-state index in [1.165, 1.54) is 29.2 Å². The summed E-state index contributed by atoms with van der Waals surface area (Å²) in [5, 5.41) is 16.8. The average molecular weight is 626 g/mol. The second-order valence-corrected chi connectivity index (χ2v) is 9.60. The summed E-state index contributed by atoms with van der Waals surface area (Å²) < 4.78 is 0. The summed E-state index contributed by atoms with van der Waals surface area (Å²) in [6, 6.07) is 11.7. The maximum atomic E-state index is 13.9. The second kappa shape index (κ2) is 17.9. The number of nitro benzene ring substituents is 1. The van der Waals surface area contributed by atoms with Gasteiger partial charge in [0.15, 0.2) is 5.96 Å². The van der Waals surface area contributed by atoms with Gasteiger partial charge < -0.3 is 22.5 Å². The lowest BCUT2D eigenvalue weighted by Crippen LogP contribution is -2.58. The molecular weight excluding hydrogens is 587 g/mol. The molecule has 2 aromatic rings. The van der Waals surface area contributed by atoms with Crippen molar-refractivity contribution in [3.8, 4) is 0 Å². The van der Waals surface area contributed by atoms with E-state index in [1.807, 2.05) is 30.3 Å². The van der Waals surface area contributed by atoms with Crippen LogP contribution in [0.1, 0.15) is 37.7 Å². The van der Waals surface area contributed by atoms with Crippen LogP contribution in [0.5, 0.6) is 0 Å². The SMILES string of the molecule is Cl.Cl.NC(N)=NCCC[C@@H](C(=O)NC(=O)C1CCCCN1)N(C(=O)[C@H](N)Cc1ccccc1)c1ccc([N+](=O)[O-])cc1. The van der Waals surface area contributed by atoms with E-state index in [4.69, 9.17) is 17.2 Å². The number of carbonyl (C=O) groups is 3. The minimum atomic E-state index is -1.17. The number of hydrogen-bond acceptors (Lipinski definition) is 8. The molecule has 13 nitrogen and oxygen atoms in total. The average Bonchev–Trinajstić information content (AvgIpc) is 2.95. The standard InChI is InChI=1S/C27H36N8O5.2ClH/c28-21(17-18-7-2-1-3-8-18)26(38)34(19-11-13-20(14-12-19)35(39)40)23(10-6-16-32-27(29)30)25(37)33-24(36)22-9-4-5-15-31-22;;/h1-3,7-8,11-14,21-23,31H,4-6,9-10,15-17,28H2,(H4,29,30,32)(H,33,36,37);2*1H/t21-,22?,23+;;/m1../s1. The zero-order valence-electron chi connectivity index (χ0n) is 23.0. The van der Waals surface area contributed by atoms with Crippen molar-refractivity contribution in [3.63, 3.8) is 0 Å². The summed E-state index contributed by atoms with van der Waals surface area (Å²) in [6.45, 7) is 0.846. The fraction of sp³-hybridized carbons (Fsp3) is 0.407. The first kappa shape index (κ1) is 36.2. The summed E-state index contributed by atoms with van der Waals surface area (Å²) in [5.74, 6) is -1.88. The molecule has 42 heavy (non-hydrogen) atoms. The van der Waals surface area contributed by atoms with Crippen molar-refractivity contribution < 1.29 is 19.3 Å². The number of piperidine rings is 1. The molecule has 230 valence electrons. The highest BCUT2D eigenvalue weighted by Crippen LogP contribution is 2.25. The van der Waals surface area contributed by atoms with Crippen molar-refractivity contribution in [2.45, 2.75) is 56.7 Å². The molecular formula is C27H38Cl2N8O5. The number of halogens is 2. The maximum absolute atomic E-state index is 13.9. The first-order valence-electron chi connectivity index (χ1n) is 13.2. The Balaban J connectivity index is 0.00000441. The van der Waals surface area contributed by atoms with Gasteiger partial charge in [0.1, 0.15) is 6.04 Å². The molecule has 0 spiro atoms. The van der Waals surface area contributed by atoms with Crippen LogP contribution in [-0.2, 0) is 20.8 Å². The Hall–Kier alpha value is -3.78. The van der Waals surface area contributed by atoms with Crippen LogP contribution in [0.2, 0.25) is 0 Å². The molecule has 3 rings (SSSR count). The van der Waals surface area contributed by atoms with Crippen molar-refractivity contribution in [1.82, 2.24) is 10.6 Å². The largest absolute Gasteiger partial charge is 0.370 e. The van der Waals surface area contributed by atoms with E-state index in [0.29, 0.717) is 19.4 Å². The van der Waals surface area contributed by atoms with Crippen molar-refractivity contribution in [2.75, 3.05) is 18.0 Å². The van der Waals surface area contributed by atoms with Gasteiger partial charge in [0.25, 0.3) is 5.69 Å². The number of nitrogens with two attached hydrogens (primary N) is 3. The summed E-state index contributed by atoms with van der Waals surface area (Å²) in [7, 11) is 0. The molecule has 0 aromatic heterocycles. The molecule has 0 radical (unpaired) electrons. The Labute approximate surface area is 256 Å². The molecule has 1 heterocycles. The molecule has 0 saturated carbocycles. The van der Waals surface area contributed by atoms with Crippen molar-refractivity contribution in [3.05, 3.63) is 70.3 Å². The molecule has 1 aliphatic rings. The lowest BCUT2D eigenvalue weighted by Gasteiger charge is -2.33. The molecule has 1 aliphatic heterocycles. The van der Waals surface area contributed by atoms with Crippen molar-refractivity contribution >= 4 is 59.9 Å². The monoisotopic (exact) mass is 624 g/mol. The van der Waals surface area contributed by atoms with Crippen LogP contribution in [0.4, 0.5) is 11.4 Å². The molecule has 2 aromatic carbocycles. The zero-order valence-corrected chi connectivity index (χ0v) is 24.6. The third-order valence-electron chi connectivity index (χ3n) is 6.61. The van der Waals surface area contributed by atoms with Gasteiger partial charge in [0, 0.05) is 24.4 Å². The van der Waals surface area contributed by atoms with Crippen LogP contribution in [0, 0.1) is 10.1 Å². The van der Waals surface area contributed by atoms with E-state index in [-0.39, 0.29) is 61.5 Å². The number of aliphatic imine (C=N–C) groups is 1. The lowest BCUT2D eigenvalue weighted by atomic mass is 10.0. The third kappa shape index (κ3) is 10.6. The number of benzene rings is 2. The van der Waals surface area contributed by atoms with Crippen LogP contribution in [-0.4, -0.2) is 59.8 Å². The number of nitrogens with zero attached hydrogens (tertiary/aromatic N) is 3. The van der Waals surface area contributed by atoms with Gasteiger partial charge in [-0.2, -0.15) is 0 Å². The molecule has 0 aliphatic carbocycles. The van der Waals surface area contributed by atoms with E-state index < -0.39 is 40.8 Å². The van der Waals surface area contributed by atoms with E-state index in [2.05, 4.69) is 15.6 Å². The topological polar surface area (TPSA) is 212 Å². The highest BCUT2D eigenvalue weighted by atomic mass is 35.5. The second-order valence-electron chi connectivity index (χ2n) is 9.60. The van der Waals surface area contributed by atoms with Crippen LogP contribution < -0.4 is 32.7 Å². The highest BCUT2D eigenvalue weighted by molar-refractivity contribution is 6.07. The number of hydrogen-bond donors (Lipinski definition) is 5. The van der Waals surface area contributed by atoms with Crippen LogP contribution in [0.25, 0.3) is 0 Å². The molecule has 0 bridgehead atoms. The Morgan fingerprint density at radius 1 is 1.07 bits per heavy atom. The summed E-state index contributed by atoms with van der Waals surface area (Å²) in [4.78, 5) is 56.2. The quantitative estimate of drug-likeness (QED) is 0.0760. The minimum Gasteiger partial charge on any atom is -0.370 e. The zero-order chi connectivity index (χ0) is 29.1. The predicted octanol–water partition coefficient (Wildman–Crippen LogP) is 1.55. The van der Waals surface area contributed by atoms with Gasteiger partial charge in [-0.25, -0.2) is 0 Å². The number of rotatable bonds is 12. The molecule has 1 fully saturated rings. The molecule has 1 saturated heterocycles. The first-order chi connectivity index (χ1) is 19.2. The van der Waals surface area contributed by atoms with Gasteiger partial charge in [-0.1, -0.05) is 36.8 Å². The Morgan fingerprint density at radius 2 is 1.74 bits per heavy atom. The Morgan fingerprint density at radius 3 is 2.31 bits per heavy atom. The molecule has 8 N–H and O–H groups in total. The van der Waals surface area contributed by atoms with Gasteiger partial charge in [-0.15, -0.1) is 24.8 Å². The fourth-order valence-electron chi connectivity index (χ4n) is 4.57.